The average Bonchev–Trinajstić information content (AvgIpc) is 3.20. The Morgan fingerprint density at radius 2 is 1.94 bits per heavy atom. The third kappa shape index (κ3) is 5.65. The number of hydrogen-bond acceptors (Lipinski definition) is 5. The Kier molecular flexibility index (Phi) is 6.87. The van der Waals surface area contributed by atoms with Crippen molar-refractivity contribution in [2.24, 2.45) is 0 Å². The number of carbonyl (C=O) groups is 1. The molecule has 1 saturated heterocycles. The zero-order valence-electron chi connectivity index (χ0n) is 18.2. The number of nitrogens with one attached hydrogen (secondary N) is 3. The summed E-state index contributed by atoms with van der Waals surface area (Å²) in [4.78, 5) is 18.6. The van der Waals surface area contributed by atoms with Crippen molar-refractivity contribution in [3.63, 3.8) is 0 Å². The Bertz CT molecular complexity index is 1270. The van der Waals surface area contributed by atoms with Crippen LogP contribution in [0.2, 0.25) is 0 Å². The van der Waals surface area contributed by atoms with Gasteiger partial charge in [-0.25, -0.2) is 22.3 Å². The normalized spacial score (nSPS) is 16.7. The van der Waals surface area contributed by atoms with E-state index in [1.165, 1.54) is 18.2 Å². The average molecular weight is 472 g/mol. The van der Waals surface area contributed by atoms with Gasteiger partial charge in [0.2, 0.25) is 10.0 Å². The van der Waals surface area contributed by atoms with Crippen molar-refractivity contribution >= 4 is 32.6 Å². The molecular weight excluding hydrogens is 445 g/mol. The first-order valence-electron chi connectivity index (χ1n) is 10.7. The lowest BCUT2D eigenvalue weighted by Gasteiger charge is -2.17. The molecule has 1 aliphatic heterocycles. The number of amides is 2. The van der Waals surface area contributed by atoms with Crippen LogP contribution in [0.5, 0.6) is 0 Å². The first-order chi connectivity index (χ1) is 15.8. The maximum atomic E-state index is 13.9. The van der Waals surface area contributed by atoms with Crippen LogP contribution < -0.4 is 15.4 Å². The van der Waals surface area contributed by atoms with Crippen LogP contribution in [0.15, 0.2) is 59.5 Å². The van der Waals surface area contributed by atoms with Crippen LogP contribution >= 0.6 is 0 Å². The number of carbonyl (C=O) groups excluding carboxylic acids is 1. The zero-order valence-corrected chi connectivity index (χ0v) is 19.0. The summed E-state index contributed by atoms with van der Waals surface area (Å²) in [7, 11) is -3.92. The number of aryl methyl sites for hydroxylation is 1. The van der Waals surface area contributed by atoms with E-state index < -0.39 is 15.8 Å². The third-order valence-corrected chi connectivity index (χ3v) is 7.08. The molecule has 0 aliphatic carbocycles. The maximum Gasteiger partial charge on any atom is 0.319 e. The minimum atomic E-state index is -3.92. The van der Waals surface area contributed by atoms with E-state index in [2.05, 4.69) is 25.2 Å². The summed E-state index contributed by atoms with van der Waals surface area (Å²) in [5, 5.41) is 6.58. The van der Waals surface area contributed by atoms with Gasteiger partial charge in [0.15, 0.2) is 0 Å². The number of aromatic nitrogens is 1. The molecule has 0 bridgehead atoms. The molecule has 0 spiro atoms. The second-order valence-electron chi connectivity index (χ2n) is 8.05. The van der Waals surface area contributed by atoms with Crippen molar-refractivity contribution in [3.05, 3.63) is 66.1 Å². The van der Waals surface area contributed by atoms with Crippen LogP contribution in [0.1, 0.15) is 12.1 Å². The van der Waals surface area contributed by atoms with E-state index in [0.717, 1.165) is 22.7 Å². The van der Waals surface area contributed by atoms with Crippen molar-refractivity contribution in [3.8, 4) is 0 Å². The van der Waals surface area contributed by atoms with E-state index in [0.29, 0.717) is 38.3 Å². The van der Waals surface area contributed by atoms with Crippen molar-refractivity contribution in [1.82, 2.24) is 19.9 Å². The van der Waals surface area contributed by atoms with Gasteiger partial charge in [0.1, 0.15) is 10.7 Å². The summed E-state index contributed by atoms with van der Waals surface area (Å²) < 4.78 is 41.4. The van der Waals surface area contributed by atoms with Gasteiger partial charge in [0.05, 0.1) is 11.2 Å². The largest absolute Gasteiger partial charge is 0.337 e. The second kappa shape index (κ2) is 9.82. The number of rotatable bonds is 7. The van der Waals surface area contributed by atoms with E-state index >= 15 is 0 Å². The van der Waals surface area contributed by atoms with Crippen molar-refractivity contribution in [2.75, 3.05) is 31.5 Å². The van der Waals surface area contributed by atoms with Crippen LogP contribution in [0.3, 0.4) is 0 Å². The van der Waals surface area contributed by atoms with Gasteiger partial charge in [-0.3, -0.25) is 9.88 Å². The molecule has 4 rings (SSSR count). The SMILES string of the molecule is Cc1cc(NC(=O)NCCN2CCC(NS(=O)(=O)c3ccccc3F)C2)c2ccccc2n1. The molecule has 1 fully saturated rings. The maximum absolute atomic E-state index is 13.9. The fourth-order valence-corrected chi connectivity index (χ4v) is 5.32. The molecule has 1 aliphatic rings. The molecular formula is C23H26FN5O3S. The first kappa shape index (κ1) is 23.1. The molecule has 3 aromatic rings. The molecule has 174 valence electrons. The molecule has 1 atom stereocenters. The molecule has 2 heterocycles. The first-order valence-corrected chi connectivity index (χ1v) is 12.2. The zero-order chi connectivity index (χ0) is 23.4. The van der Waals surface area contributed by atoms with Crippen LogP contribution in [-0.4, -0.2) is 56.6 Å². The highest BCUT2D eigenvalue weighted by Gasteiger charge is 2.28. The fourth-order valence-electron chi connectivity index (χ4n) is 3.98. The van der Waals surface area contributed by atoms with Gasteiger partial charge >= 0.3 is 6.03 Å². The van der Waals surface area contributed by atoms with E-state index in [9.17, 15) is 17.6 Å². The number of halogens is 1. The Labute approximate surface area is 192 Å². The van der Waals surface area contributed by atoms with Crippen LogP contribution in [0, 0.1) is 12.7 Å². The lowest BCUT2D eigenvalue weighted by atomic mass is 10.1. The summed E-state index contributed by atoms with van der Waals surface area (Å²) in [6.45, 7) is 4.02. The number of pyridine rings is 1. The number of anilines is 1. The van der Waals surface area contributed by atoms with Crippen molar-refractivity contribution in [2.45, 2.75) is 24.3 Å². The summed E-state index contributed by atoms with van der Waals surface area (Å²) in [6, 6.07) is 14.1. The number of urea groups is 1. The van der Waals surface area contributed by atoms with E-state index in [1.807, 2.05) is 37.3 Å². The molecule has 2 amide bonds. The predicted octanol–water partition coefficient (Wildman–Crippen LogP) is 2.86. The molecule has 1 aromatic heterocycles. The topological polar surface area (TPSA) is 103 Å². The quantitative estimate of drug-likeness (QED) is 0.492. The Morgan fingerprint density at radius 1 is 1.18 bits per heavy atom. The van der Waals surface area contributed by atoms with Crippen LogP contribution in [0.25, 0.3) is 10.9 Å². The monoisotopic (exact) mass is 471 g/mol. The number of benzene rings is 2. The second-order valence-corrected chi connectivity index (χ2v) is 9.73. The molecule has 0 saturated carbocycles. The van der Waals surface area contributed by atoms with E-state index in [4.69, 9.17) is 0 Å². The number of likely N-dealkylation sites (tertiary alicyclic amines) is 1. The highest BCUT2D eigenvalue weighted by Crippen LogP contribution is 2.22. The molecule has 3 N–H and O–H groups in total. The molecule has 10 heteroatoms. The number of sulfonamides is 1. The van der Waals surface area contributed by atoms with Gasteiger partial charge in [-0.05, 0) is 44.2 Å². The standard InChI is InChI=1S/C23H26FN5O3S/c1-16-14-21(18-6-2-4-8-20(18)26-16)27-23(30)25-11-13-29-12-10-17(15-29)28-33(31,32)22-9-5-3-7-19(22)24/h2-9,14,17,28H,10-13,15H2,1H3,(H2,25,26,27,30). The minimum absolute atomic E-state index is 0.311. The van der Waals surface area contributed by atoms with Gasteiger partial charge in [-0.2, -0.15) is 0 Å². The highest BCUT2D eigenvalue weighted by molar-refractivity contribution is 7.89. The minimum Gasteiger partial charge on any atom is -0.337 e. The Balaban J connectivity index is 1.26. The molecule has 2 aromatic carbocycles. The Morgan fingerprint density at radius 3 is 2.76 bits per heavy atom. The number of nitrogens with zero attached hydrogens (tertiary/aromatic N) is 2. The number of para-hydroxylation sites is 1. The highest BCUT2D eigenvalue weighted by atomic mass is 32.2. The molecule has 8 nitrogen and oxygen atoms in total. The van der Waals surface area contributed by atoms with Crippen LogP contribution in [0.4, 0.5) is 14.9 Å². The van der Waals surface area contributed by atoms with Gasteiger partial charge in [-0.15, -0.1) is 0 Å². The number of hydrogen-bond donors (Lipinski definition) is 3. The van der Waals surface area contributed by atoms with Crippen molar-refractivity contribution < 1.29 is 17.6 Å². The summed E-state index contributed by atoms with van der Waals surface area (Å²) >= 11 is 0. The molecule has 33 heavy (non-hydrogen) atoms. The molecule has 1 unspecified atom stereocenters. The number of fused-ring (bicyclic) bond motifs is 1. The van der Waals surface area contributed by atoms with Gasteiger partial charge in [-0.1, -0.05) is 30.3 Å². The van der Waals surface area contributed by atoms with Gasteiger partial charge < -0.3 is 10.6 Å². The summed E-state index contributed by atoms with van der Waals surface area (Å²) in [6.07, 6.45) is 0.613. The predicted molar refractivity (Wildman–Crippen MR) is 125 cm³/mol. The van der Waals surface area contributed by atoms with E-state index in [-0.39, 0.29) is 17.0 Å². The van der Waals surface area contributed by atoms with Gasteiger partial charge in [0.25, 0.3) is 0 Å². The lowest BCUT2D eigenvalue weighted by molar-refractivity contribution is 0.249. The molecule has 0 radical (unpaired) electrons. The van der Waals surface area contributed by atoms with E-state index in [1.54, 1.807) is 0 Å². The smallest absolute Gasteiger partial charge is 0.319 e. The Hall–Kier alpha value is -3.08. The van der Waals surface area contributed by atoms with Crippen molar-refractivity contribution in [1.29, 1.82) is 0 Å². The third-order valence-electron chi connectivity index (χ3n) is 5.53. The summed E-state index contributed by atoms with van der Waals surface area (Å²) in [5.41, 5.74) is 2.32. The fraction of sp³-hybridized carbons (Fsp3) is 0.304. The van der Waals surface area contributed by atoms with Gasteiger partial charge in [0, 0.05) is 36.8 Å². The lowest BCUT2D eigenvalue weighted by Crippen LogP contribution is -2.39. The van der Waals surface area contributed by atoms with Crippen LogP contribution in [-0.2, 0) is 10.0 Å². The summed E-state index contributed by atoms with van der Waals surface area (Å²) in [5.74, 6) is -0.771.